The lowest BCUT2D eigenvalue weighted by Crippen LogP contribution is -2.30. The largest absolute Gasteiger partial charge is 0.489 e. The molecule has 0 saturated carbocycles. The highest BCUT2D eigenvalue weighted by molar-refractivity contribution is 7.89. The molecule has 1 amide bonds. The molecule has 1 N–H and O–H groups in total. The summed E-state index contributed by atoms with van der Waals surface area (Å²) < 4.78 is 38.2. The van der Waals surface area contributed by atoms with Gasteiger partial charge in [0, 0.05) is 36.9 Å². The minimum absolute atomic E-state index is 0.0827. The lowest BCUT2D eigenvalue weighted by molar-refractivity contribution is -0.116. The van der Waals surface area contributed by atoms with Crippen molar-refractivity contribution in [3.63, 3.8) is 0 Å². The molecule has 0 atom stereocenters. The van der Waals surface area contributed by atoms with Gasteiger partial charge in [-0.2, -0.15) is 20.6 Å². The zero-order chi connectivity index (χ0) is 24.0. The predicted octanol–water partition coefficient (Wildman–Crippen LogP) is 4.19. The van der Waals surface area contributed by atoms with Crippen molar-refractivity contribution >= 4 is 33.0 Å². The molecule has 0 spiro atoms. The third kappa shape index (κ3) is 6.18. The highest BCUT2D eigenvalue weighted by atomic mass is 32.2. The highest BCUT2D eigenvalue weighted by Crippen LogP contribution is 2.30. The van der Waals surface area contributed by atoms with Crippen LogP contribution in [0.25, 0.3) is 11.4 Å². The van der Waals surface area contributed by atoms with Crippen LogP contribution in [0, 0.1) is 0 Å². The normalized spacial score (nSPS) is 11.8. The van der Waals surface area contributed by atoms with E-state index in [-0.39, 0.29) is 29.7 Å². The Balaban J connectivity index is 1.75. The summed E-state index contributed by atoms with van der Waals surface area (Å²) in [5.74, 6) is 0.905. The Bertz CT molecular complexity index is 1170. The second-order valence-corrected chi connectivity index (χ2v) is 10.2. The fraction of sp³-hybridized carbons (Fsp3) is 0.409. The van der Waals surface area contributed by atoms with Crippen molar-refractivity contribution in [2.45, 2.75) is 51.5 Å². The van der Waals surface area contributed by atoms with Crippen molar-refractivity contribution in [1.82, 2.24) is 14.4 Å². The standard InChI is InChI=1S/C22H28N4O5S2/c1-5-26(6-2)33(28,29)17-7-8-19(30-15(3)4)18(13-17)23-20(27)9-10-21-24-22(25-31-21)16-11-12-32-14-16/h7-8,11-15H,5-6,9-10H2,1-4H3,(H,23,27). The Morgan fingerprint density at radius 1 is 1.24 bits per heavy atom. The minimum atomic E-state index is -3.68. The van der Waals surface area contributed by atoms with Crippen LogP contribution in [0.4, 0.5) is 5.69 Å². The summed E-state index contributed by atoms with van der Waals surface area (Å²) in [6, 6.07) is 6.38. The zero-order valence-corrected chi connectivity index (χ0v) is 20.7. The van der Waals surface area contributed by atoms with Crippen LogP contribution in [0.2, 0.25) is 0 Å². The number of hydrogen-bond acceptors (Lipinski definition) is 8. The number of carbonyl (C=O) groups excluding carboxylic acids is 1. The summed E-state index contributed by atoms with van der Waals surface area (Å²) >= 11 is 1.53. The van der Waals surface area contributed by atoms with E-state index in [9.17, 15) is 13.2 Å². The highest BCUT2D eigenvalue weighted by Gasteiger charge is 2.23. The van der Waals surface area contributed by atoms with Crippen molar-refractivity contribution in [2.24, 2.45) is 0 Å². The third-order valence-electron chi connectivity index (χ3n) is 4.74. The van der Waals surface area contributed by atoms with Crippen LogP contribution in [-0.4, -0.2) is 48.0 Å². The molecular weight excluding hydrogens is 464 g/mol. The van der Waals surface area contributed by atoms with Crippen LogP contribution < -0.4 is 10.1 Å². The molecule has 0 fully saturated rings. The molecule has 3 rings (SSSR count). The zero-order valence-electron chi connectivity index (χ0n) is 19.1. The molecule has 9 nitrogen and oxygen atoms in total. The number of rotatable bonds is 11. The third-order valence-corrected chi connectivity index (χ3v) is 7.47. The number of nitrogens with zero attached hydrogens (tertiary/aromatic N) is 3. The number of carbonyl (C=O) groups is 1. The number of nitrogens with one attached hydrogen (secondary N) is 1. The first-order chi connectivity index (χ1) is 15.7. The van der Waals surface area contributed by atoms with Crippen molar-refractivity contribution in [1.29, 1.82) is 0 Å². The smallest absolute Gasteiger partial charge is 0.243 e. The van der Waals surface area contributed by atoms with E-state index in [0.29, 0.717) is 36.2 Å². The maximum absolute atomic E-state index is 12.9. The van der Waals surface area contributed by atoms with Gasteiger partial charge in [0.15, 0.2) is 0 Å². The molecule has 2 aromatic heterocycles. The van der Waals surface area contributed by atoms with Gasteiger partial charge in [0.05, 0.1) is 16.7 Å². The molecule has 1 aromatic carbocycles. The summed E-state index contributed by atoms with van der Waals surface area (Å²) in [4.78, 5) is 17.1. The summed E-state index contributed by atoms with van der Waals surface area (Å²) in [6.07, 6.45) is 0.181. The van der Waals surface area contributed by atoms with Gasteiger partial charge in [0.1, 0.15) is 5.75 Å². The molecule has 33 heavy (non-hydrogen) atoms. The fourth-order valence-electron chi connectivity index (χ4n) is 3.14. The Hall–Kier alpha value is -2.76. The van der Waals surface area contributed by atoms with Gasteiger partial charge in [-0.05, 0) is 43.5 Å². The molecule has 0 aliphatic rings. The van der Waals surface area contributed by atoms with Crippen LogP contribution in [0.5, 0.6) is 5.75 Å². The lowest BCUT2D eigenvalue weighted by atomic mass is 10.2. The van der Waals surface area contributed by atoms with Crippen LogP contribution >= 0.6 is 11.3 Å². The van der Waals surface area contributed by atoms with Gasteiger partial charge in [-0.1, -0.05) is 19.0 Å². The number of aryl methyl sites for hydroxylation is 1. The average molecular weight is 493 g/mol. The fourth-order valence-corrected chi connectivity index (χ4v) is 5.25. The van der Waals surface area contributed by atoms with E-state index in [1.165, 1.54) is 27.8 Å². The second kappa shape index (κ2) is 10.9. The van der Waals surface area contributed by atoms with E-state index in [2.05, 4.69) is 15.5 Å². The van der Waals surface area contributed by atoms with Crippen LogP contribution in [-0.2, 0) is 21.2 Å². The quantitative estimate of drug-likeness (QED) is 0.427. The molecule has 11 heteroatoms. The van der Waals surface area contributed by atoms with E-state index in [1.807, 2.05) is 30.7 Å². The first-order valence-electron chi connectivity index (χ1n) is 10.7. The predicted molar refractivity (Wildman–Crippen MR) is 127 cm³/mol. The van der Waals surface area contributed by atoms with E-state index in [4.69, 9.17) is 9.26 Å². The molecule has 0 aliphatic carbocycles. The van der Waals surface area contributed by atoms with Gasteiger partial charge in [0.2, 0.25) is 27.6 Å². The van der Waals surface area contributed by atoms with Crippen LogP contribution in [0.15, 0.2) is 44.4 Å². The molecule has 0 bridgehead atoms. The minimum Gasteiger partial charge on any atom is -0.489 e. The van der Waals surface area contributed by atoms with Crippen molar-refractivity contribution in [3.8, 4) is 17.1 Å². The number of benzene rings is 1. The van der Waals surface area contributed by atoms with E-state index >= 15 is 0 Å². The molecule has 2 heterocycles. The van der Waals surface area contributed by atoms with Crippen molar-refractivity contribution < 1.29 is 22.5 Å². The summed E-state index contributed by atoms with van der Waals surface area (Å²) in [5.41, 5.74) is 1.16. The average Bonchev–Trinajstić information content (AvgIpc) is 3.45. The van der Waals surface area contributed by atoms with Gasteiger partial charge in [-0.3, -0.25) is 4.79 Å². The maximum Gasteiger partial charge on any atom is 0.243 e. The number of aromatic nitrogens is 2. The van der Waals surface area contributed by atoms with E-state index in [1.54, 1.807) is 19.9 Å². The van der Waals surface area contributed by atoms with Gasteiger partial charge in [-0.15, -0.1) is 0 Å². The number of anilines is 1. The molecule has 0 saturated heterocycles. The Morgan fingerprint density at radius 3 is 2.64 bits per heavy atom. The number of amides is 1. The molecule has 0 aliphatic heterocycles. The number of ether oxygens (including phenoxy) is 1. The van der Waals surface area contributed by atoms with Gasteiger partial charge in [0.25, 0.3) is 0 Å². The summed E-state index contributed by atoms with van der Waals surface area (Å²) in [5, 5.41) is 10.5. The first kappa shape index (κ1) is 24.9. The number of hydrogen-bond donors (Lipinski definition) is 1. The lowest BCUT2D eigenvalue weighted by Gasteiger charge is -2.20. The second-order valence-electron chi connectivity index (χ2n) is 7.49. The summed E-state index contributed by atoms with van der Waals surface area (Å²) in [6.45, 7) is 7.97. The van der Waals surface area contributed by atoms with Crippen molar-refractivity contribution in [2.75, 3.05) is 18.4 Å². The molecule has 178 valence electrons. The molecular formula is C22H28N4O5S2. The van der Waals surface area contributed by atoms with Crippen LogP contribution in [0.3, 0.4) is 0 Å². The van der Waals surface area contributed by atoms with Gasteiger partial charge in [-0.25, -0.2) is 8.42 Å². The van der Waals surface area contributed by atoms with Gasteiger partial charge < -0.3 is 14.6 Å². The maximum atomic E-state index is 12.9. The first-order valence-corrected chi connectivity index (χ1v) is 13.1. The van der Waals surface area contributed by atoms with Crippen molar-refractivity contribution in [3.05, 3.63) is 40.9 Å². The number of thiophene rings is 1. The number of sulfonamides is 1. The monoisotopic (exact) mass is 492 g/mol. The SMILES string of the molecule is CCN(CC)S(=O)(=O)c1ccc(OC(C)C)c(NC(=O)CCc2nc(-c3ccsc3)no2)c1. The Labute approximate surface area is 197 Å². The van der Waals surface area contributed by atoms with E-state index < -0.39 is 10.0 Å². The summed E-state index contributed by atoms with van der Waals surface area (Å²) in [7, 11) is -3.68. The topological polar surface area (TPSA) is 115 Å². The molecule has 3 aromatic rings. The Kier molecular flexibility index (Phi) is 8.22. The van der Waals surface area contributed by atoms with E-state index in [0.717, 1.165) is 5.56 Å². The Morgan fingerprint density at radius 2 is 2.00 bits per heavy atom. The van der Waals surface area contributed by atoms with Gasteiger partial charge >= 0.3 is 0 Å². The molecule has 0 unspecified atom stereocenters. The molecule has 0 radical (unpaired) electrons. The van der Waals surface area contributed by atoms with Crippen LogP contribution in [0.1, 0.15) is 40.0 Å².